The van der Waals surface area contributed by atoms with Crippen molar-refractivity contribution in [3.05, 3.63) is 48.0 Å². The molecule has 2 fully saturated rings. The number of carbonyl (C=O) groups is 2. The maximum Gasteiger partial charge on any atom is 0.417 e. The Hall–Kier alpha value is -2.65. The van der Waals surface area contributed by atoms with Gasteiger partial charge >= 0.3 is 6.09 Å². The summed E-state index contributed by atoms with van der Waals surface area (Å²) >= 11 is 0. The largest absolute Gasteiger partial charge is 0.447 e. The molecule has 0 spiro atoms. The number of imide groups is 1. The van der Waals surface area contributed by atoms with Crippen molar-refractivity contribution in [3.8, 4) is 6.07 Å². The molecule has 1 N–H and O–H groups in total. The fourth-order valence-electron chi connectivity index (χ4n) is 4.57. The molecule has 1 aromatic carbocycles. The molecule has 172 valence electrons. The van der Waals surface area contributed by atoms with Crippen LogP contribution in [-0.4, -0.2) is 41.6 Å². The molecule has 1 unspecified atom stereocenters. The number of hydrogen-bond donors (Lipinski definition) is 1. The van der Waals surface area contributed by atoms with Gasteiger partial charge in [0.05, 0.1) is 18.2 Å². The molecule has 1 saturated heterocycles. The molecule has 2 aliphatic rings. The first-order valence-electron chi connectivity index (χ1n) is 11.9. The Bertz CT molecular complexity index is 826. The number of nitriles is 1. The van der Waals surface area contributed by atoms with E-state index in [1.54, 1.807) is 0 Å². The van der Waals surface area contributed by atoms with Crippen molar-refractivity contribution < 1.29 is 14.3 Å². The predicted octanol–water partition coefficient (Wildman–Crippen LogP) is 4.61. The van der Waals surface area contributed by atoms with Crippen molar-refractivity contribution in [1.82, 2.24) is 10.2 Å². The van der Waals surface area contributed by atoms with Gasteiger partial charge in [-0.05, 0) is 49.2 Å². The summed E-state index contributed by atoms with van der Waals surface area (Å²) in [4.78, 5) is 26.2. The van der Waals surface area contributed by atoms with E-state index in [0.29, 0.717) is 12.5 Å². The van der Waals surface area contributed by atoms with Gasteiger partial charge in [0.25, 0.3) is 5.91 Å². The van der Waals surface area contributed by atoms with Gasteiger partial charge in [0.15, 0.2) is 0 Å². The van der Waals surface area contributed by atoms with Crippen molar-refractivity contribution in [2.75, 3.05) is 6.61 Å². The molecule has 1 aliphatic carbocycles. The number of rotatable bonds is 9. The van der Waals surface area contributed by atoms with E-state index in [1.165, 1.54) is 30.2 Å². The van der Waals surface area contributed by atoms with Crippen LogP contribution in [0.4, 0.5) is 4.79 Å². The van der Waals surface area contributed by atoms with Crippen LogP contribution in [0.3, 0.4) is 0 Å². The molecule has 6 heteroatoms. The fraction of sp³-hybridized carbons (Fsp3) is 0.577. The lowest BCUT2D eigenvalue weighted by molar-refractivity contribution is -0.124. The van der Waals surface area contributed by atoms with Gasteiger partial charge in [-0.3, -0.25) is 10.1 Å². The highest BCUT2D eigenvalue weighted by Crippen LogP contribution is 2.23. The van der Waals surface area contributed by atoms with Gasteiger partial charge in [-0.25, -0.2) is 9.69 Å². The van der Waals surface area contributed by atoms with E-state index in [-0.39, 0.29) is 36.4 Å². The maximum atomic E-state index is 12.8. The molecule has 0 aromatic heterocycles. The zero-order chi connectivity index (χ0) is 22.9. The number of allylic oxidation sites excluding steroid dienone is 1. The number of nitrogens with zero attached hydrogens (tertiary/aromatic N) is 2. The highest BCUT2D eigenvalue weighted by atomic mass is 16.6. The Labute approximate surface area is 191 Å². The second-order valence-corrected chi connectivity index (χ2v) is 9.24. The maximum absolute atomic E-state index is 12.8. The Kier molecular flexibility index (Phi) is 8.87. The molecule has 32 heavy (non-hydrogen) atoms. The third kappa shape index (κ3) is 6.67. The van der Waals surface area contributed by atoms with Gasteiger partial charge in [-0.15, -0.1) is 0 Å². The minimum absolute atomic E-state index is 0.106. The van der Waals surface area contributed by atoms with Crippen LogP contribution >= 0.6 is 0 Å². The monoisotopic (exact) mass is 437 g/mol. The number of hydrogen-bond acceptors (Lipinski definition) is 5. The van der Waals surface area contributed by atoms with Crippen LogP contribution in [0.5, 0.6) is 0 Å². The molecule has 6 nitrogen and oxygen atoms in total. The molecule has 1 aromatic rings. The quantitative estimate of drug-likeness (QED) is 0.571. The minimum atomic E-state index is -0.581. The average Bonchev–Trinajstić information content (AvgIpc) is 3.17. The summed E-state index contributed by atoms with van der Waals surface area (Å²) in [6.45, 7) is 4.37. The van der Waals surface area contributed by atoms with E-state index >= 15 is 0 Å². The lowest BCUT2D eigenvalue weighted by Gasteiger charge is -2.27. The predicted molar refractivity (Wildman–Crippen MR) is 124 cm³/mol. The van der Waals surface area contributed by atoms with Crippen LogP contribution in [-0.2, 0) is 16.0 Å². The molecule has 2 amide bonds. The lowest BCUT2D eigenvalue weighted by atomic mass is 9.88. The van der Waals surface area contributed by atoms with E-state index in [2.05, 4.69) is 18.3 Å². The van der Waals surface area contributed by atoms with Crippen molar-refractivity contribution in [3.63, 3.8) is 0 Å². The Balaban J connectivity index is 1.53. The van der Waals surface area contributed by atoms with Crippen LogP contribution < -0.4 is 5.32 Å². The van der Waals surface area contributed by atoms with Gasteiger partial charge in [0.1, 0.15) is 6.61 Å². The topological polar surface area (TPSA) is 82.4 Å². The molecule has 0 radical (unpaired) electrons. The summed E-state index contributed by atoms with van der Waals surface area (Å²) < 4.78 is 5.15. The third-order valence-corrected chi connectivity index (χ3v) is 6.76. The van der Waals surface area contributed by atoms with E-state index < -0.39 is 6.09 Å². The first-order chi connectivity index (χ1) is 15.5. The SMILES string of the molecule is C[C@H](/C=C/C(=O)N1C(=O)OC[C@@H]1Cc1ccccc1)[C@H](C)CC(C#N)NC1CCCCC1. The number of cyclic esters (lactones) is 1. The highest BCUT2D eigenvalue weighted by molar-refractivity contribution is 5.99. The fourth-order valence-corrected chi connectivity index (χ4v) is 4.57. The first kappa shape index (κ1) is 24.0. The standard InChI is InChI=1S/C26H35N3O3/c1-19(20(2)15-23(17-27)28-22-11-7-4-8-12-22)13-14-25(30)29-24(18-32-26(29)31)16-21-9-5-3-6-10-21/h3,5-6,9-10,13-14,19-20,22-24,28H,4,7-8,11-12,15-16,18H2,1-2H3/b14-13+/t19-,20-,23?,24+/m1/s1. The minimum Gasteiger partial charge on any atom is -0.447 e. The molecule has 1 aliphatic heterocycles. The average molecular weight is 438 g/mol. The van der Waals surface area contributed by atoms with E-state index in [9.17, 15) is 14.9 Å². The van der Waals surface area contributed by atoms with Crippen LogP contribution in [0.25, 0.3) is 0 Å². The van der Waals surface area contributed by atoms with Crippen molar-refractivity contribution >= 4 is 12.0 Å². The van der Waals surface area contributed by atoms with Gasteiger partial charge in [0, 0.05) is 6.04 Å². The molecule has 1 saturated carbocycles. The van der Waals surface area contributed by atoms with Crippen LogP contribution in [0, 0.1) is 23.2 Å². The molecule has 4 atom stereocenters. The van der Waals surface area contributed by atoms with Crippen molar-refractivity contribution in [2.24, 2.45) is 11.8 Å². The lowest BCUT2D eigenvalue weighted by Crippen LogP contribution is -2.40. The third-order valence-electron chi connectivity index (χ3n) is 6.76. The summed E-state index contributed by atoms with van der Waals surface area (Å²) in [6, 6.07) is 12.2. The summed E-state index contributed by atoms with van der Waals surface area (Å²) in [5.74, 6) is -0.00997. The van der Waals surface area contributed by atoms with E-state index in [0.717, 1.165) is 24.8 Å². The van der Waals surface area contributed by atoms with Gasteiger partial charge < -0.3 is 4.74 Å². The van der Waals surface area contributed by atoms with E-state index in [1.807, 2.05) is 43.3 Å². The first-order valence-corrected chi connectivity index (χ1v) is 11.9. The van der Waals surface area contributed by atoms with E-state index in [4.69, 9.17) is 4.74 Å². The van der Waals surface area contributed by atoms with Crippen LogP contribution in [0.1, 0.15) is 57.9 Å². The Morgan fingerprint density at radius 3 is 2.66 bits per heavy atom. The second kappa shape index (κ2) is 11.8. The zero-order valence-electron chi connectivity index (χ0n) is 19.2. The summed E-state index contributed by atoms with van der Waals surface area (Å²) in [7, 11) is 0. The van der Waals surface area contributed by atoms with Gasteiger partial charge in [0.2, 0.25) is 0 Å². The number of amides is 2. The van der Waals surface area contributed by atoms with Crippen molar-refractivity contribution in [1.29, 1.82) is 5.26 Å². The summed E-state index contributed by atoms with van der Waals surface area (Å²) in [6.07, 6.45) is 10.1. The number of ether oxygens (including phenoxy) is 1. The molecular weight excluding hydrogens is 402 g/mol. The summed E-state index contributed by atoms with van der Waals surface area (Å²) in [5, 5.41) is 13.1. The zero-order valence-corrected chi connectivity index (χ0v) is 19.2. The second-order valence-electron chi connectivity index (χ2n) is 9.24. The molecule has 0 bridgehead atoms. The molecule has 1 heterocycles. The van der Waals surface area contributed by atoms with Crippen molar-refractivity contribution in [2.45, 2.75) is 76.9 Å². The molecular formula is C26H35N3O3. The number of benzene rings is 1. The Morgan fingerprint density at radius 1 is 1.25 bits per heavy atom. The smallest absolute Gasteiger partial charge is 0.417 e. The molecule has 3 rings (SSSR count). The number of carbonyl (C=O) groups excluding carboxylic acids is 2. The van der Waals surface area contributed by atoms with Crippen LogP contribution in [0.2, 0.25) is 0 Å². The van der Waals surface area contributed by atoms with Gasteiger partial charge in [-0.1, -0.05) is 69.5 Å². The Morgan fingerprint density at radius 2 is 1.97 bits per heavy atom. The van der Waals surface area contributed by atoms with Gasteiger partial charge in [-0.2, -0.15) is 5.26 Å². The summed E-state index contributed by atoms with van der Waals surface area (Å²) in [5.41, 5.74) is 1.06. The number of nitrogens with one attached hydrogen (secondary N) is 1. The van der Waals surface area contributed by atoms with Crippen LogP contribution in [0.15, 0.2) is 42.5 Å². The highest BCUT2D eigenvalue weighted by Gasteiger charge is 2.36. The normalized spacial score (nSPS) is 22.3.